The SMILES string of the molecule is Cc1ccc(S(=O)(=O)Oc2c(C(=O)NCc3cccc(C(F)(F)F)c3)nc(Br)c3cccnc23)cc1. The summed E-state index contributed by atoms with van der Waals surface area (Å²) >= 11 is 3.25. The van der Waals surface area contributed by atoms with E-state index in [2.05, 4.69) is 31.2 Å². The van der Waals surface area contributed by atoms with Crippen molar-refractivity contribution >= 4 is 42.9 Å². The summed E-state index contributed by atoms with van der Waals surface area (Å²) in [5, 5.41) is 2.86. The van der Waals surface area contributed by atoms with E-state index >= 15 is 0 Å². The third-order valence-corrected chi connectivity index (χ3v) is 6.94. The normalized spacial score (nSPS) is 11.9. The fraction of sp³-hybridized carbons (Fsp3) is 0.125. The van der Waals surface area contributed by atoms with Crippen molar-refractivity contribution in [1.29, 1.82) is 0 Å². The molecule has 0 saturated carbocycles. The average Bonchev–Trinajstić information content (AvgIpc) is 2.84. The molecule has 0 aliphatic rings. The van der Waals surface area contributed by atoms with Crippen molar-refractivity contribution < 1.29 is 30.6 Å². The van der Waals surface area contributed by atoms with E-state index in [-0.39, 0.29) is 27.1 Å². The number of amides is 1. The first kappa shape index (κ1) is 25.6. The molecule has 0 aliphatic heterocycles. The van der Waals surface area contributed by atoms with Crippen LogP contribution in [0, 0.1) is 6.92 Å². The van der Waals surface area contributed by atoms with Gasteiger partial charge in [-0.1, -0.05) is 29.8 Å². The summed E-state index contributed by atoms with van der Waals surface area (Å²) in [5.74, 6) is -1.27. The van der Waals surface area contributed by atoms with Crippen molar-refractivity contribution in [3.8, 4) is 5.75 Å². The van der Waals surface area contributed by atoms with Gasteiger partial charge in [0, 0.05) is 18.1 Å². The number of nitrogens with one attached hydrogen (secondary N) is 1. The molecule has 4 rings (SSSR count). The Morgan fingerprint density at radius 1 is 1.08 bits per heavy atom. The van der Waals surface area contributed by atoms with Crippen LogP contribution in [0.15, 0.2) is 76.4 Å². The van der Waals surface area contributed by atoms with Crippen LogP contribution in [-0.2, 0) is 22.8 Å². The van der Waals surface area contributed by atoms with Gasteiger partial charge in [-0.25, -0.2) is 4.98 Å². The Bertz CT molecular complexity index is 1560. The molecule has 0 radical (unpaired) electrons. The van der Waals surface area contributed by atoms with E-state index in [4.69, 9.17) is 4.18 Å². The number of nitrogens with zero attached hydrogens (tertiary/aromatic N) is 2. The zero-order valence-electron chi connectivity index (χ0n) is 18.5. The molecule has 1 amide bonds. The summed E-state index contributed by atoms with van der Waals surface area (Å²) in [4.78, 5) is 21.2. The molecule has 0 saturated heterocycles. The summed E-state index contributed by atoms with van der Waals surface area (Å²) in [7, 11) is -4.38. The van der Waals surface area contributed by atoms with Gasteiger partial charge in [0.2, 0.25) is 5.75 Å². The van der Waals surface area contributed by atoms with E-state index in [9.17, 15) is 26.4 Å². The van der Waals surface area contributed by atoms with Gasteiger partial charge in [-0.2, -0.15) is 21.6 Å². The summed E-state index contributed by atoms with van der Waals surface area (Å²) in [6.07, 6.45) is -3.15. The molecule has 12 heteroatoms. The van der Waals surface area contributed by atoms with Crippen LogP contribution >= 0.6 is 15.9 Å². The number of hydrogen-bond acceptors (Lipinski definition) is 6. The molecule has 0 unspecified atom stereocenters. The molecule has 36 heavy (non-hydrogen) atoms. The lowest BCUT2D eigenvalue weighted by molar-refractivity contribution is -0.137. The maximum Gasteiger partial charge on any atom is 0.416 e. The first-order valence-corrected chi connectivity index (χ1v) is 12.6. The molecule has 0 spiro atoms. The monoisotopic (exact) mass is 579 g/mol. The maximum absolute atomic E-state index is 13.1. The van der Waals surface area contributed by atoms with Gasteiger partial charge in [0.05, 0.1) is 5.56 Å². The summed E-state index contributed by atoms with van der Waals surface area (Å²) < 4.78 is 70.6. The van der Waals surface area contributed by atoms with E-state index < -0.39 is 39.2 Å². The predicted molar refractivity (Wildman–Crippen MR) is 129 cm³/mol. The fourth-order valence-electron chi connectivity index (χ4n) is 3.29. The number of pyridine rings is 2. The van der Waals surface area contributed by atoms with Gasteiger partial charge in [-0.15, -0.1) is 0 Å². The number of hydrogen-bond donors (Lipinski definition) is 1. The second-order valence-corrected chi connectivity index (χ2v) is 10.0. The van der Waals surface area contributed by atoms with E-state index in [0.717, 1.165) is 17.7 Å². The zero-order chi connectivity index (χ0) is 26.1. The second-order valence-electron chi connectivity index (χ2n) is 7.71. The Morgan fingerprint density at radius 2 is 1.81 bits per heavy atom. The molecule has 2 aromatic carbocycles. The summed E-state index contributed by atoms with van der Waals surface area (Å²) in [6.45, 7) is 1.52. The quantitative estimate of drug-likeness (QED) is 0.242. The highest BCUT2D eigenvalue weighted by molar-refractivity contribution is 9.10. The van der Waals surface area contributed by atoms with Gasteiger partial charge in [0.1, 0.15) is 15.0 Å². The number of carbonyl (C=O) groups is 1. The van der Waals surface area contributed by atoms with Crippen molar-refractivity contribution in [1.82, 2.24) is 15.3 Å². The highest BCUT2D eigenvalue weighted by Crippen LogP contribution is 2.34. The Kier molecular flexibility index (Phi) is 7.01. The first-order chi connectivity index (χ1) is 17.0. The molecule has 186 valence electrons. The van der Waals surface area contributed by atoms with Crippen LogP contribution in [0.4, 0.5) is 13.2 Å². The highest BCUT2D eigenvalue weighted by atomic mass is 79.9. The molecule has 4 aromatic rings. The zero-order valence-corrected chi connectivity index (χ0v) is 20.9. The molecule has 0 bridgehead atoms. The minimum absolute atomic E-state index is 0.0549. The van der Waals surface area contributed by atoms with Gasteiger partial charge in [0.25, 0.3) is 5.91 Å². The number of rotatable bonds is 6. The molecular formula is C24H17BrF3N3O4S. The standard InChI is InChI=1S/C24H17BrF3N3O4S/c1-14-7-9-17(10-8-14)36(33,34)35-21-19-18(6-3-11-29-19)22(25)31-20(21)23(32)30-13-15-4-2-5-16(12-15)24(26,27)28/h2-12H,13H2,1H3,(H,30,32). The van der Waals surface area contributed by atoms with Gasteiger partial charge in [0.15, 0.2) is 5.69 Å². The van der Waals surface area contributed by atoms with Gasteiger partial charge < -0.3 is 9.50 Å². The lowest BCUT2D eigenvalue weighted by Crippen LogP contribution is -2.26. The average molecular weight is 580 g/mol. The minimum Gasteiger partial charge on any atom is -0.374 e. The van der Waals surface area contributed by atoms with Crippen molar-refractivity contribution in [3.05, 3.63) is 93.8 Å². The Hall–Kier alpha value is -3.51. The van der Waals surface area contributed by atoms with Crippen LogP contribution in [0.1, 0.15) is 27.2 Å². The lowest BCUT2D eigenvalue weighted by Gasteiger charge is -2.14. The minimum atomic E-state index is -4.54. The van der Waals surface area contributed by atoms with Crippen LogP contribution in [0.3, 0.4) is 0 Å². The van der Waals surface area contributed by atoms with Crippen molar-refractivity contribution in [3.63, 3.8) is 0 Å². The van der Waals surface area contributed by atoms with Crippen molar-refractivity contribution in [2.24, 2.45) is 0 Å². The van der Waals surface area contributed by atoms with Crippen molar-refractivity contribution in [2.75, 3.05) is 0 Å². The first-order valence-electron chi connectivity index (χ1n) is 10.4. The molecular weight excluding hydrogens is 563 g/mol. The molecule has 0 aliphatic carbocycles. The van der Waals surface area contributed by atoms with E-state index in [1.807, 2.05) is 0 Å². The number of carbonyl (C=O) groups excluding carboxylic acids is 1. The van der Waals surface area contributed by atoms with Gasteiger partial charge >= 0.3 is 16.3 Å². The molecule has 0 atom stereocenters. The molecule has 0 fully saturated rings. The third kappa shape index (κ3) is 5.49. The van der Waals surface area contributed by atoms with Crippen LogP contribution in [0.5, 0.6) is 5.75 Å². The lowest BCUT2D eigenvalue weighted by atomic mass is 10.1. The molecule has 2 aromatic heterocycles. The Labute approximate surface area is 212 Å². The highest BCUT2D eigenvalue weighted by Gasteiger charge is 2.31. The van der Waals surface area contributed by atoms with Crippen LogP contribution in [0.2, 0.25) is 0 Å². The number of halogens is 4. The van der Waals surface area contributed by atoms with Gasteiger partial charge in [-0.05, 0) is 64.8 Å². The predicted octanol–water partition coefficient (Wildman–Crippen LogP) is 5.42. The second kappa shape index (κ2) is 9.86. The number of fused-ring (bicyclic) bond motifs is 1. The number of aryl methyl sites for hydroxylation is 1. The summed E-state index contributed by atoms with van der Waals surface area (Å²) in [5.41, 5.74) is -0.194. The number of benzene rings is 2. The third-order valence-electron chi connectivity index (χ3n) is 5.10. The van der Waals surface area contributed by atoms with E-state index in [0.29, 0.717) is 5.39 Å². The maximum atomic E-state index is 13.1. The van der Waals surface area contributed by atoms with E-state index in [1.165, 1.54) is 30.5 Å². The Morgan fingerprint density at radius 3 is 2.50 bits per heavy atom. The van der Waals surface area contributed by atoms with Gasteiger partial charge in [-0.3, -0.25) is 9.78 Å². The van der Waals surface area contributed by atoms with E-state index in [1.54, 1.807) is 31.2 Å². The largest absolute Gasteiger partial charge is 0.416 e. The molecule has 2 heterocycles. The van der Waals surface area contributed by atoms with Crippen LogP contribution in [-0.4, -0.2) is 24.3 Å². The van der Waals surface area contributed by atoms with Crippen molar-refractivity contribution in [2.45, 2.75) is 24.5 Å². The fourth-order valence-corrected chi connectivity index (χ4v) is 4.73. The number of alkyl halides is 3. The molecule has 7 nitrogen and oxygen atoms in total. The smallest absolute Gasteiger partial charge is 0.374 e. The topological polar surface area (TPSA) is 98.2 Å². The Balaban J connectivity index is 1.71. The number of aromatic nitrogens is 2. The summed E-state index contributed by atoms with van der Waals surface area (Å²) in [6, 6.07) is 13.6. The molecule has 1 N–H and O–H groups in total. The van der Waals surface area contributed by atoms with Crippen LogP contribution < -0.4 is 9.50 Å². The van der Waals surface area contributed by atoms with Crippen LogP contribution in [0.25, 0.3) is 10.9 Å².